The van der Waals surface area contributed by atoms with Crippen LogP contribution in [0.2, 0.25) is 0 Å². The third-order valence-electron chi connectivity index (χ3n) is 1.57. The van der Waals surface area contributed by atoms with Crippen molar-refractivity contribution in [1.82, 2.24) is 10.6 Å². The third kappa shape index (κ3) is 6.38. The van der Waals surface area contributed by atoms with Crippen molar-refractivity contribution in [2.24, 2.45) is 0 Å². The van der Waals surface area contributed by atoms with Gasteiger partial charge in [0.05, 0.1) is 13.2 Å². The van der Waals surface area contributed by atoms with Crippen LogP contribution in [-0.2, 0) is 14.3 Å². The van der Waals surface area contributed by atoms with Crippen LogP contribution >= 0.6 is 0 Å². The fourth-order valence-corrected chi connectivity index (χ4v) is 0.688. The number of ether oxygens (including phenoxy) is 1. The van der Waals surface area contributed by atoms with E-state index >= 15 is 0 Å². The normalized spacial score (nSPS) is 12.1. The molecular weight excluding hydrogens is 188 g/mol. The lowest BCUT2D eigenvalue weighted by Gasteiger charge is -2.08. The van der Waals surface area contributed by atoms with Crippen LogP contribution in [0.25, 0.3) is 0 Å². The monoisotopic (exact) mass is 204 g/mol. The molecule has 0 rings (SSSR count). The quantitative estimate of drug-likeness (QED) is 0.454. The second-order valence-electron chi connectivity index (χ2n) is 2.78. The maximum absolute atomic E-state index is 11.0. The van der Waals surface area contributed by atoms with E-state index in [1.165, 1.54) is 14.0 Å². The van der Waals surface area contributed by atoms with Crippen molar-refractivity contribution < 1.29 is 19.4 Å². The molecule has 0 aliphatic heterocycles. The Kier molecular flexibility index (Phi) is 6.69. The zero-order valence-corrected chi connectivity index (χ0v) is 8.37. The summed E-state index contributed by atoms with van der Waals surface area (Å²) < 4.78 is 4.73. The zero-order valence-electron chi connectivity index (χ0n) is 8.37. The Hall–Kier alpha value is -1.14. The van der Waals surface area contributed by atoms with Crippen LogP contribution in [0.1, 0.15) is 6.92 Å². The SMILES string of the molecule is COCCNC(=O)CN[C@@H](C)C(=O)O. The number of nitrogens with one attached hydrogen (secondary N) is 2. The Bertz CT molecular complexity index is 196. The first-order valence-electron chi connectivity index (χ1n) is 4.29. The first kappa shape index (κ1) is 12.9. The standard InChI is InChI=1S/C8H16N2O4/c1-6(8(12)13)10-5-7(11)9-3-4-14-2/h6,10H,3-5H2,1-2H3,(H,9,11)(H,12,13)/t6-/m0/s1. The Morgan fingerprint density at radius 1 is 1.50 bits per heavy atom. The van der Waals surface area contributed by atoms with E-state index < -0.39 is 12.0 Å². The fourth-order valence-electron chi connectivity index (χ4n) is 0.688. The maximum atomic E-state index is 11.0. The highest BCUT2D eigenvalue weighted by Crippen LogP contribution is 1.79. The molecule has 82 valence electrons. The summed E-state index contributed by atoms with van der Waals surface area (Å²) in [7, 11) is 1.54. The number of carbonyl (C=O) groups excluding carboxylic acids is 1. The number of aliphatic carboxylic acids is 1. The van der Waals surface area contributed by atoms with Gasteiger partial charge < -0.3 is 15.2 Å². The van der Waals surface area contributed by atoms with Gasteiger partial charge in [-0.05, 0) is 6.92 Å². The summed E-state index contributed by atoms with van der Waals surface area (Å²) in [5, 5.41) is 13.6. The minimum Gasteiger partial charge on any atom is -0.480 e. The summed E-state index contributed by atoms with van der Waals surface area (Å²) in [5.74, 6) is -1.22. The van der Waals surface area contributed by atoms with Crippen molar-refractivity contribution in [1.29, 1.82) is 0 Å². The number of carboxylic acid groups (broad SMARTS) is 1. The summed E-state index contributed by atoms with van der Waals surface area (Å²) in [6.07, 6.45) is 0. The predicted octanol–water partition coefficient (Wildman–Crippen LogP) is -1.19. The Morgan fingerprint density at radius 3 is 2.64 bits per heavy atom. The van der Waals surface area contributed by atoms with Gasteiger partial charge >= 0.3 is 5.97 Å². The van der Waals surface area contributed by atoms with Gasteiger partial charge in [0.15, 0.2) is 0 Å². The third-order valence-corrected chi connectivity index (χ3v) is 1.57. The zero-order chi connectivity index (χ0) is 11.0. The van der Waals surface area contributed by atoms with Gasteiger partial charge in [0, 0.05) is 13.7 Å². The molecule has 14 heavy (non-hydrogen) atoms. The average Bonchev–Trinajstić information content (AvgIpc) is 2.14. The van der Waals surface area contributed by atoms with Crippen LogP contribution in [0.3, 0.4) is 0 Å². The fraction of sp³-hybridized carbons (Fsp3) is 0.750. The van der Waals surface area contributed by atoms with Crippen molar-refractivity contribution in [3.63, 3.8) is 0 Å². The summed E-state index contributed by atoms with van der Waals surface area (Å²) in [6, 6.07) is -0.719. The lowest BCUT2D eigenvalue weighted by atomic mass is 10.3. The van der Waals surface area contributed by atoms with Crippen LogP contribution in [-0.4, -0.2) is 49.8 Å². The summed E-state index contributed by atoms with van der Waals surface area (Å²) in [5.41, 5.74) is 0. The van der Waals surface area contributed by atoms with E-state index in [4.69, 9.17) is 9.84 Å². The molecule has 0 unspecified atom stereocenters. The molecule has 0 bridgehead atoms. The van der Waals surface area contributed by atoms with Gasteiger partial charge in [-0.3, -0.25) is 14.9 Å². The van der Waals surface area contributed by atoms with Gasteiger partial charge in [0.1, 0.15) is 6.04 Å². The molecule has 1 amide bonds. The Morgan fingerprint density at radius 2 is 2.14 bits per heavy atom. The van der Waals surface area contributed by atoms with E-state index in [-0.39, 0.29) is 12.5 Å². The van der Waals surface area contributed by atoms with Crippen molar-refractivity contribution in [2.75, 3.05) is 26.8 Å². The molecule has 0 aromatic rings. The molecule has 0 aromatic heterocycles. The molecule has 6 heteroatoms. The second kappa shape index (κ2) is 7.28. The first-order chi connectivity index (χ1) is 6.57. The van der Waals surface area contributed by atoms with Crippen LogP contribution in [0.5, 0.6) is 0 Å². The summed E-state index contributed by atoms with van der Waals surface area (Å²) in [6.45, 7) is 2.35. The van der Waals surface area contributed by atoms with Crippen molar-refractivity contribution in [3.8, 4) is 0 Å². The van der Waals surface area contributed by atoms with E-state index in [1.807, 2.05) is 0 Å². The second-order valence-corrected chi connectivity index (χ2v) is 2.78. The highest BCUT2D eigenvalue weighted by Gasteiger charge is 2.10. The average molecular weight is 204 g/mol. The summed E-state index contributed by atoms with van der Waals surface area (Å²) >= 11 is 0. The molecule has 0 fully saturated rings. The molecule has 0 radical (unpaired) electrons. The number of rotatable bonds is 7. The molecular formula is C8H16N2O4. The smallest absolute Gasteiger partial charge is 0.320 e. The number of hydrogen-bond donors (Lipinski definition) is 3. The van der Waals surface area contributed by atoms with Crippen LogP contribution in [0.15, 0.2) is 0 Å². The minimum absolute atomic E-state index is 0.00280. The molecule has 0 saturated heterocycles. The van der Waals surface area contributed by atoms with Gasteiger partial charge in [0.25, 0.3) is 0 Å². The van der Waals surface area contributed by atoms with Crippen molar-refractivity contribution in [2.45, 2.75) is 13.0 Å². The molecule has 0 saturated carbocycles. The largest absolute Gasteiger partial charge is 0.480 e. The van der Waals surface area contributed by atoms with Crippen molar-refractivity contribution >= 4 is 11.9 Å². The highest BCUT2D eigenvalue weighted by molar-refractivity contribution is 5.79. The number of amides is 1. The molecule has 6 nitrogen and oxygen atoms in total. The van der Waals surface area contributed by atoms with Crippen molar-refractivity contribution in [3.05, 3.63) is 0 Å². The molecule has 0 heterocycles. The summed E-state index contributed by atoms with van der Waals surface area (Å²) in [4.78, 5) is 21.4. The van der Waals surface area contributed by atoms with Gasteiger partial charge in [-0.1, -0.05) is 0 Å². The van der Waals surface area contributed by atoms with Gasteiger partial charge in [-0.25, -0.2) is 0 Å². The molecule has 0 aliphatic rings. The van der Waals surface area contributed by atoms with E-state index in [1.54, 1.807) is 0 Å². The topological polar surface area (TPSA) is 87.7 Å². The van der Waals surface area contributed by atoms with Crippen LogP contribution in [0.4, 0.5) is 0 Å². The van der Waals surface area contributed by atoms with E-state index in [0.29, 0.717) is 13.2 Å². The lowest BCUT2D eigenvalue weighted by molar-refractivity contribution is -0.139. The van der Waals surface area contributed by atoms with E-state index in [9.17, 15) is 9.59 Å². The Balaban J connectivity index is 3.48. The molecule has 3 N–H and O–H groups in total. The molecule has 1 atom stereocenters. The van der Waals surface area contributed by atoms with E-state index in [0.717, 1.165) is 0 Å². The minimum atomic E-state index is -0.977. The predicted molar refractivity (Wildman–Crippen MR) is 50.0 cm³/mol. The first-order valence-corrected chi connectivity index (χ1v) is 4.29. The number of carbonyl (C=O) groups is 2. The van der Waals surface area contributed by atoms with Gasteiger partial charge in [-0.2, -0.15) is 0 Å². The maximum Gasteiger partial charge on any atom is 0.320 e. The number of hydrogen-bond acceptors (Lipinski definition) is 4. The number of carboxylic acids is 1. The van der Waals surface area contributed by atoms with Crippen LogP contribution < -0.4 is 10.6 Å². The highest BCUT2D eigenvalue weighted by atomic mass is 16.5. The Labute approximate surface area is 82.6 Å². The van der Waals surface area contributed by atoms with Gasteiger partial charge in [0.2, 0.25) is 5.91 Å². The van der Waals surface area contributed by atoms with E-state index in [2.05, 4.69) is 10.6 Å². The molecule has 0 aliphatic carbocycles. The molecule has 0 aromatic carbocycles. The molecule has 0 spiro atoms. The number of methoxy groups -OCH3 is 1. The van der Waals surface area contributed by atoms with Gasteiger partial charge in [-0.15, -0.1) is 0 Å². The lowest BCUT2D eigenvalue weighted by Crippen LogP contribution is -2.42. The van der Waals surface area contributed by atoms with Crippen LogP contribution in [0, 0.1) is 0 Å².